The summed E-state index contributed by atoms with van der Waals surface area (Å²) in [6.45, 7) is 3.40. The van der Waals surface area contributed by atoms with Crippen molar-refractivity contribution in [1.82, 2.24) is 14.8 Å². The molecule has 6 nitrogen and oxygen atoms in total. The number of likely N-dealkylation sites (tertiary alicyclic amines) is 1. The van der Waals surface area contributed by atoms with Crippen LogP contribution in [0.25, 0.3) is 10.9 Å². The summed E-state index contributed by atoms with van der Waals surface area (Å²) >= 11 is 0. The van der Waals surface area contributed by atoms with Crippen LogP contribution < -0.4 is 5.32 Å². The number of nitrogens with one attached hydrogen (secondary N) is 2. The number of hydrogen-bond acceptors (Lipinski definition) is 4. The molecule has 0 saturated carbocycles. The normalized spacial score (nSPS) is 22.1. The number of H-pyrrole nitrogens is 1. The van der Waals surface area contributed by atoms with Gasteiger partial charge in [0.05, 0.1) is 24.8 Å². The highest BCUT2D eigenvalue weighted by Gasteiger charge is 2.42. The molecule has 3 heterocycles. The largest absolute Gasteiger partial charge is 0.478 e. The fourth-order valence-corrected chi connectivity index (χ4v) is 6.18. The molecule has 0 radical (unpaired) electrons. The van der Waals surface area contributed by atoms with Crippen LogP contribution in [-0.2, 0) is 6.42 Å². The van der Waals surface area contributed by atoms with E-state index in [-0.39, 0.29) is 22.9 Å². The number of nitrogens with zero attached hydrogens (tertiary/aromatic N) is 2. The molecule has 11 heteroatoms. The van der Waals surface area contributed by atoms with Gasteiger partial charge in [-0.3, -0.25) is 9.29 Å². The van der Waals surface area contributed by atoms with Crippen molar-refractivity contribution >= 4 is 22.6 Å². The van der Waals surface area contributed by atoms with E-state index in [0.29, 0.717) is 42.5 Å². The average Bonchev–Trinajstić information content (AvgIpc) is 3.46. The summed E-state index contributed by atoms with van der Waals surface area (Å²) in [5.41, 5.74) is 1.50. The Hall–Kier alpha value is -3.18. The molecule has 0 unspecified atom stereocenters. The van der Waals surface area contributed by atoms with Crippen LogP contribution in [0.4, 0.5) is 27.6 Å². The van der Waals surface area contributed by atoms with Crippen LogP contribution >= 0.6 is 0 Å². The minimum atomic E-state index is -3.13. The summed E-state index contributed by atoms with van der Waals surface area (Å²) in [5, 5.41) is 13.3. The molecule has 0 bridgehead atoms. The van der Waals surface area contributed by atoms with Gasteiger partial charge >= 0.3 is 5.97 Å². The number of alkyl halides is 3. The number of fused-ring (bicyclic) bond motifs is 3. The molecule has 2 aromatic carbocycles. The molecule has 3 N–H and O–H groups in total. The van der Waals surface area contributed by atoms with Crippen LogP contribution in [0.1, 0.15) is 59.9 Å². The van der Waals surface area contributed by atoms with Crippen molar-refractivity contribution < 1.29 is 31.9 Å². The van der Waals surface area contributed by atoms with E-state index in [9.17, 15) is 23.1 Å². The Morgan fingerprint density at radius 3 is 2.58 bits per heavy atom. The number of benzene rings is 2. The first kappa shape index (κ1) is 28.4. The second-order valence-electron chi connectivity index (χ2n) is 11.1. The number of carboxylic acids is 1. The first-order valence-electron chi connectivity index (χ1n) is 13.5. The van der Waals surface area contributed by atoms with Gasteiger partial charge in [-0.15, -0.1) is 0 Å². The Bertz CT molecular complexity index is 1380. The van der Waals surface area contributed by atoms with E-state index in [1.807, 2.05) is 0 Å². The molecule has 2 aliphatic heterocycles. The third-order valence-corrected chi connectivity index (χ3v) is 7.92. The summed E-state index contributed by atoms with van der Waals surface area (Å²) in [7, 11) is 0. The van der Waals surface area contributed by atoms with E-state index in [4.69, 9.17) is 0 Å². The lowest BCUT2D eigenvalue weighted by molar-refractivity contribution is -0.0374. The number of aromatic nitrogens is 1. The molecule has 3 aromatic rings. The van der Waals surface area contributed by atoms with Gasteiger partial charge < -0.3 is 20.3 Å². The van der Waals surface area contributed by atoms with E-state index >= 15 is 8.78 Å². The fourth-order valence-electron chi connectivity index (χ4n) is 6.18. The second kappa shape index (κ2) is 11.0. The van der Waals surface area contributed by atoms with Crippen molar-refractivity contribution in [2.45, 2.75) is 57.2 Å². The Morgan fingerprint density at radius 1 is 1.20 bits per heavy atom. The van der Waals surface area contributed by atoms with Gasteiger partial charge in [0.25, 0.3) is 5.92 Å². The predicted molar refractivity (Wildman–Crippen MR) is 143 cm³/mol. The fraction of sp³-hybridized carbons (Fsp3) is 0.483. The molecule has 1 fully saturated rings. The Balaban J connectivity index is 1.53. The summed E-state index contributed by atoms with van der Waals surface area (Å²) in [6, 6.07) is 5.19. The van der Waals surface area contributed by atoms with Gasteiger partial charge in [0.1, 0.15) is 11.6 Å². The zero-order chi connectivity index (χ0) is 28.8. The van der Waals surface area contributed by atoms with Gasteiger partial charge in [-0.1, -0.05) is 6.07 Å². The molecule has 40 heavy (non-hydrogen) atoms. The highest BCUT2D eigenvalue weighted by atomic mass is 19.3. The van der Waals surface area contributed by atoms with E-state index in [1.165, 1.54) is 29.2 Å². The molecular formula is C29H33F5N4O2. The maximum absolute atomic E-state index is 15.8. The Labute approximate surface area is 229 Å². The minimum Gasteiger partial charge on any atom is -0.478 e. The van der Waals surface area contributed by atoms with E-state index in [0.717, 1.165) is 25.5 Å². The van der Waals surface area contributed by atoms with Crippen molar-refractivity contribution in [3.05, 3.63) is 64.4 Å². The monoisotopic (exact) mass is 564 g/mol. The van der Waals surface area contributed by atoms with Crippen LogP contribution in [-0.4, -0.2) is 76.7 Å². The van der Waals surface area contributed by atoms with E-state index in [1.54, 1.807) is 13.0 Å². The van der Waals surface area contributed by atoms with Crippen molar-refractivity contribution in [1.29, 1.82) is 0 Å². The van der Waals surface area contributed by atoms with Gasteiger partial charge in [-0.05, 0) is 56.0 Å². The lowest BCUT2D eigenvalue weighted by Crippen LogP contribution is -2.47. The third-order valence-electron chi connectivity index (χ3n) is 7.92. The van der Waals surface area contributed by atoms with Gasteiger partial charge in [0, 0.05) is 66.5 Å². The highest BCUT2D eigenvalue weighted by Crippen LogP contribution is 2.44. The molecule has 0 aliphatic carbocycles. The molecule has 2 aliphatic rings. The zero-order valence-electron chi connectivity index (χ0n) is 22.4. The topological polar surface area (TPSA) is 71.6 Å². The molecule has 5 rings (SSSR count). The summed E-state index contributed by atoms with van der Waals surface area (Å²) in [4.78, 5) is 18.1. The number of halogens is 5. The van der Waals surface area contributed by atoms with Gasteiger partial charge in [-0.25, -0.2) is 22.4 Å². The number of anilines is 1. The van der Waals surface area contributed by atoms with Crippen LogP contribution in [0.2, 0.25) is 0 Å². The molecule has 216 valence electrons. The smallest absolute Gasteiger partial charge is 0.335 e. The standard InChI is InChI=1S/C29H33F5N4O2/c1-16-10-21-20-5-4-17(28(39)40)11-24(20)36-26(21)27(38(16)15-29(2,33)34)25-22(31)12-19(13-23(25)32)35-18-6-9-37(14-18)8-3-7-30/h4-5,11-13,16,18,27,35-36H,3,6-10,14-15H2,1-2H3,(H,39,40)/t16-,18+,27-/m1/s1. The zero-order valence-corrected chi connectivity index (χ0v) is 22.4. The number of carboxylic acid groups (broad SMARTS) is 1. The van der Waals surface area contributed by atoms with Gasteiger partial charge in [0.2, 0.25) is 0 Å². The van der Waals surface area contributed by atoms with Crippen molar-refractivity contribution in [3.63, 3.8) is 0 Å². The number of hydrogen-bond donors (Lipinski definition) is 3. The van der Waals surface area contributed by atoms with Crippen LogP contribution in [0, 0.1) is 11.6 Å². The van der Waals surface area contributed by atoms with E-state index < -0.39 is 48.8 Å². The maximum atomic E-state index is 15.8. The number of carbonyl (C=O) groups is 1. The number of rotatable bonds is 9. The Kier molecular flexibility index (Phi) is 7.80. The van der Waals surface area contributed by atoms with Crippen LogP contribution in [0.5, 0.6) is 0 Å². The third kappa shape index (κ3) is 5.67. The number of aromatic carboxylic acids is 1. The first-order valence-corrected chi connectivity index (χ1v) is 13.5. The summed E-state index contributed by atoms with van der Waals surface area (Å²) in [5.74, 6) is -5.99. The maximum Gasteiger partial charge on any atom is 0.335 e. The molecular weight excluding hydrogens is 531 g/mol. The van der Waals surface area contributed by atoms with Gasteiger partial charge in [-0.2, -0.15) is 0 Å². The SMILES string of the molecule is C[C@@H]1Cc2c([nH]c3cc(C(=O)O)ccc23)[C@@H](c2c(F)cc(N[C@H]3CCN(CCCF)C3)cc2F)N1CC(C)(F)F. The van der Waals surface area contributed by atoms with Crippen molar-refractivity contribution in [3.8, 4) is 0 Å². The lowest BCUT2D eigenvalue weighted by atomic mass is 9.87. The first-order chi connectivity index (χ1) is 18.9. The summed E-state index contributed by atoms with van der Waals surface area (Å²) in [6.07, 6.45) is 1.52. The molecule has 1 aromatic heterocycles. The van der Waals surface area contributed by atoms with Crippen molar-refractivity contribution in [2.75, 3.05) is 38.2 Å². The van der Waals surface area contributed by atoms with Crippen LogP contribution in [0.15, 0.2) is 30.3 Å². The average molecular weight is 565 g/mol. The second-order valence-corrected chi connectivity index (χ2v) is 11.1. The molecule has 3 atom stereocenters. The summed E-state index contributed by atoms with van der Waals surface area (Å²) < 4.78 is 72.9. The van der Waals surface area contributed by atoms with Crippen molar-refractivity contribution in [2.24, 2.45) is 0 Å². The van der Waals surface area contributed by atoms with Crippen LogP contribution in [0.3, 0.4) is 0 Å². The van der Waals surface area contributed by atoms with E-state index in [2.05, 4.69) is 15.2 Å². The number of aromatic amines is 1. The molecule has 0 spiro atoms. The molecule has 1 saturated heterocycles. The molecule has 0 amide bonds. The lowest BCUT2D eigenvalue weighted by Gasteiger charge is -2.42. The Morgan fingerprint density at radius 2 is 1.93 bits per heavy atom. The highest BCUT2D eigenvalue weighted by molar-refractivity contribution is 5.95. The minimum absolute atomic E-state index is 0.0376. The predicted octanol–water partition coefficient (Wildman–Crippen LogP) is 5.98. The quantitative estimate of drug-likeness (QED) is 0.279. The van der Waals surface area contributed by atoms with Gasteiger partial charge in [0.15, 0.2) is 0 Å².